The molecule has 5 nitrogen and oxygen atoms in total. The number of rotatable bonds is 6. The molecule has 0 aliphatic rings. The fraction of sp³-hybridized carbons (Fsp3) is 0.429. The molecule has 5 heteroatoms. The predicted molar refractivity (Wildman–Crippen MR) is 74.0 cm³/mol. The third-order valence-corrected chi connectivity index (χ3v) is 3.03. The first-order valence-electron chi connectivity index (χ1n) is 6.26. The molecule has 0 fully saturated rings. The molecule has 1 aromatic rings. The van der Waals surface area contributed by atoms with E-state index in [0.29, 0.717) is 12.2 Å². The summed E-state index contributed by atoms with van der Waals surface area (Å²) in [5.41, 5.74) is 7.05. The van der Waals surface area contributed by atoms with Crippen molar-refractivity contribution in [3.8, 4) is 0 Å². The van der Waals surface area contributed by atoms with E-state index >= 15 is 0 Å². The SMILES string of the molecule is CC(CN)C(=O)Nc1ccc(C(C)CC(=O)O)cc1. The van der Waals surface area contributed by atoms with Crippen LogP contribution in [-0.2, 0) is 9.59 Å². The minimum atomic E-state index is -0.818. The van der Waals surface area contributed by atoms with Gasteiger partial charge in [-0.1, -0.05) is 26.0 Å². The Morgan fingerprint density at radius 2 is 1.84 bits per heavy atom. The van der Waals surface area contributed by atoms with Crippen LogP contribution in [0.2, 0.25) is 0 Å². The van der Waals surface area contributed by atoms with Gasteiger partial charge in [-0.2, -0.15) is 0 Å². The lowest BCUT2D eigenvalue weighted by Gasteiger charge is -2.12. The van der Waals surface area contributed by atoms with Crippen molar-refractivity contribution < 1.29 is 14.7 Å². The highest BCUT2D eigenvalue weighted by atomic mass is 16.4. The number of carboxylic acids is 1. The van der Waals surface area contributed by atoms with E-state index < -0.39 is 5.97 Å². The highest BCUT2D eigenvalue weighted by molar-refractivity contribution is 5.92. The number of anilines is 1. The summed E-state index contributed by atoms with van der Waals surface area (Å²) in [4.78, 5) is 22.3. The lowest BCUT2D eigenvalue weighted by atomic mass is 9.98. The fourth-order valence-electron chi connectivity index (χ4n) is 1.65. The zero-order valence-electron chi connectivity index (χ0n) is 11.2. The lowest BCUT2D eigenvalue weighted by molar-refractivity contribution is -0.137. The van der Waals surface area contributed by atoms with Crippen molar-refractivity contribution in [2.24, 2.45) is 11.7 Å². The van der Waals surface area contributed by atoms with Gasteiger partial charge >= 0.3 is 5.97 Å². The molecular formula is C14H20N2O3. The van der Waals surface area contributed by atoms with Gasteiger partial charge in [0, 0.05) is 18.2 Å². The van der Waals surface area contributed by atoms with Crippen LogP contribution in [0, 0.1) is 5.92 Å². The summed E-state index contributed by atoms with van der Waals surface area (Å²) in [6.45, 7) is 3.93. The predicted octanol–water partition coefficient (Wildman–Crippen LogP) is 1.80. The van der Waals surface area contributed by atoms with Gasteiger partial charge in [-0.25, -0.2) is 0 Å². The molecule has 104 valence electrons. The first-order valence-corrected chi connectivity index (χ1v) is 6.26. The normalized spacial score (nSPS) is 13.6. The quantitative estimate of drug-likeness (QED) is 0.730. The van der Waals surface area contributed by atoms with Crippen LogP contribution in [0.5, 0.6) is 0 Å². The number of aliphatic carboxylic acids is 1. The second kappa shape index (κ2) is 6.89. The summed E-state index contributed by atoms with van der Waals surface area (Å²) < 4.78 is 0. The molecule has 0 aromatic heterocycles. The first-order chi connectivity index (χ1) is 8.93. The second-order valence-corrected chi connectivity index (χ2v) is 4.75. The van der Waals surface area contributed by atoms with Crippen LogP contribution in [0.25, 0.3) is 0 Å². The van der Waals surface area contributed by atoms with E-state index in [9.17, 15) is 9.59 Å². The van der Waals surface area contributed by atoms with Crippen LogP contribution in [0.1, 0.15) is 31.7 Å². The van der Waals surface area contributed by atoms with Crippen LogP contribution in [0.3, 0.4) is 0 Å². The molecule has 2 unspecified atom stereocenters. The van der Waals surface area contributed by atoms with Gasteiger partial charge < -0.3 is 16.2 Å². The Hall–Kier alpha value is -1.88. The van der Waals surface area contributed by atoms with Crippen LogP contribution < -0.4 is 11.1 Å². The maximum atomic E-state index is 11.6. The zero-order chi connectivity index (χ0) is 14.4. The van der Waals surface area contributed by atoms with Crippen LogP contribution in [0.15, 0.2) is 24.3 Å². The molecule has 1 amide bonds. The Kier molecular flexibility index (Phi) is 5.51. The van der Waals surface area contributed by atoms with E-state index in [1.807, 2.05) is 19.1 Å². The molecule has 0 spiro atoms. The fourth-order valence-corrected chi connectivity index (χ4v) is 1.65. The molecule has 0 aliphatic carbocycles. The molecule has 19 heavy (non-hydrogen) atoms. The van der Waals surface area contributed by atoms with E-state index in [1.165, 1.54) is 0 Å². The molecule has 2 atom stereocenters. The molecule has 0 heterocycles. The highest BCUT2D eigenvalue weighted by Gasteiger charge is 2.12. The number of nitrogens with one attached hydrogen (secondary N) is 1. The van der Waals surface area contributed by atoms with Crippen molar-refractivity contribution >= 4 is 17.6 Å². The number of amides is 1. The third kappa shape index (κ3) is 4.71. The van der Waals surface area contributed by atoms with Crippen molar-refractivity contribution in [1.29, 1.82) is 0 Å². The van der Waals surface area contributed by atoms with Crippen molar-refractivity contribution in [3.63, 3.8) is 0 Å². The molecule has 1 aromatic carbocycles. The van der Waals surface area contributed by atoms with Crippen LogP contribution in [-0.4, -0.2) is 23.5 Å². The summed E-state index contributed by atoms with van der Waals surface area (Å²) in [6, 6.07) is 7.20. The minimum absolute atomic E-state index is 0.0507. The first kappa shape index (κ1) is 15.2. The van der Waals surface area contributed by atoms with Gasteiger partial charge in [-0.3, -0.25) is 9.59 Å². The van der Waals surface area contributed by atoms with Crippen molar-refractivity contribution in [1.82, 2.24) is 0 Å². The summed E-state index contributed by atoms with van der Waals surface area (Å²) >= 11 is 0. The standard InChI is InChI=1S/C14H20N2O3/c1-9(7-13(17)18)11-3-5-12(6-4-11)16-14(19)10(2)8-15/h3-6,9-10H,7-8,15H2,1-2H3,(H,16,19)(H,17,18). The largest absolute Gasteiger partial charge is 0.481 e. The number of benzene rings is 1. The number of nitrogens with two attached hydrogens (primary N) is 1. The number of carboxylic acid groups (broad SMARTS) is 1. The topological polar surface area (TPSA) is 92.4 Å². The molecule has 0 radical (unpaired) electrons. The van der Waals surface area contributed by atoms with Gasteiger partial charge in [0.05, 0.1) is 6.42 Å². The smallest absolute Gasteiger partial charge is 0.303 e. The summed E-state index contributed by atoms with van der Waals surface area (Å²) in [7, 11) is 0. The van der Waals surface area contributed by atoms with Crippen molar-refractivity contribution in [3.05, 3.63) is 29.8 Å². The highest BCUT2D eigenvalue weighted by Crippen LogP contribution is 2.21. The zero-order valence-corrected chi connectivity index (χ0v) is 11.2. The van der Waals surface area contributed by atoms with Gasteiger partial charge in [0.15, 0.2) is 0 Å². The Morgan fingerprint density at radius 3 is 2.32 bits per heavy atom. The van der Waals surface area contributed by atoms with E-state index in [1.54, 1.807) is 19.1 Å². The van der Waals surface area contributed by atoms with E-state index in [-0.39, 0.29) is 24.2 Å². The van der Waals surface area contributed by atoms with Gasteiger partial charge in [-0.15, -0.1) is 0 Å². The van der Waals surface area contributed by atoms with Gasteiger partial charge in [0.1, 0.15) is 0 Å². The van der Waals surface area contributed by atoms with E-state index in [0.717, 1.165) is 5.56 Å². The third-order valence-electron chi connectivity index (χ3n) is 3.03. The van der Waals surface area contributed by atoms with E-state index in [2.05, 4.69) is 5.32 Å². The lowest BCUT2D eigenvalue weighted by Crippen LogP contribution is -2.26. The van der Waals surface area contributed by atoms with Crippen LogP contribution in [0.4, 0.5) is 5.69 Å². The maximum Gasteiger partial charge on any atom is 0.303 e. The number of hydrogen-bond acceptors (Lipinski definition) is 3. The molecule has 4 N–H and O–H groups in total. The maximum absolute atomic E-state index is 11.6. The number of hydrogen-bond donors (Lipinski definition) is 3. The molecule has 0 aliphatic heterocycles. The van der Waals surface area contributed by atoms with Gasteiger partial charge in [0.2, 0.25) is 5.91 Å². The number of carbonyl (C=O) groups is 2. The van der Waals surface area contributed by atoms with Crippen LogP contribution >= 0.6 is 0 Å². The summed E-state index contributed by atoms with van der Waals surface area (Å²) in [6.07, 6.45) is 0.0932. The van der Waals surface area contributed by atoms with Gasteiger partial charge in [-0.05, 0) is 23.6 Å². The van der Waals surface area contributed by atoms with Crippen molar-refractivity contribution in [2.45, 2.75) is 26.2 Å². The second-order valence-electron chi connectivity index (χ2n) is 4.75. The Labute approximate surface area is 112 Å². The molecule has 0 bridgehead atoms. The van der Waals surface area contributed by atoms with E-state index in [4.69, 9.17) is 10.8 Å². The Morgan fingerprint density at radius 1 is 1.26 bits per heavy atom. The summed E-state index contributed by atoms with van der Waals surface area (Å²) in [5.74, 6) is -1.22. The van der Waals surface area contributed by atoms with Gasteiger partial charge in [0.25, 0.3) is 0 Å². The Balaban J connectivity index is 2.66. The average molecular weight is 264 g/mol. The molecule has 1 rings (SSSR count). The molecule has 0 saturated carbocycles. The van der Waals surface area contributed by atoms with Crippen molar-refractivity contribution in [2.75, 3.05) is 11.9 Å². The monoisotopic (exact) mass is 264 g/mol. The Bertz CT molecular complexity index is 443. The minimum Gasteiger partial charge on any atom is -0.481 e. The average Bonchev–Trinajstić information content (AvgIpc) is 2.37. The number of carbonyl (C=O) groups excluding carboxylic acids is 1. The summed E-state index contributed by atoms with van der Waals surface area (Å²) in [5, 5.41) is 11.5. The molecular weight excluding hydrogens is 244 g/mol. The molecule has 0 saturated heterocycles.